The molecule has 1 fully saturated rings. The molecule has 0 bridgehead atoms. The number of amides is 1. The topological polar surface area (TPSA) is 72.3 Å². The molecule has 1 N–H and O–H groups in total. The molecule has 28 heavy (non-hydrogen) atoms. The lowest BCUT2D eigenvalue weighted by Crippen LogP contribution is -2.40. The Balaban J connectivity index is 1.44. The molecule has 146 valence electrons. The van der Waals surface area contributed by atoms with Crippen molar-refractivity contribution >= 4 is 22.4 Å². The van der Waals surface area contributed by atoms with Gasteiger partial charge in [-0.25, -0.2) is 4.98 Å². The second kappa shape index (κ2) is 8.02. The van der Waals surface area contributed by atoms with Crippen molar-refractivity contribution in [1.29, 1.82) is 0 Å². The smallest absolute Gasteiger partial charge is 0.269 e. The predicted octanol–water partition coefficient (Wildman–Crippen LogP) is 2.95. The minimum atomic E-state index is -0.116. The fourth-order valence-electron chi connectivity index (χ4n) is 3.56. The van der Waals surface area contributed by atoms with Gasteiger partial charge in [0.25, 0.3) is 5.91 Å². The Labute approximate surface area is 168 Å². The molecule has 1 aliphatic rings. The van der Waals surface area contributed by atoms with E-state index in [9.17, 15) is 4.79 Å². The molecule has 1 aromatic carbocycles. The Bertz CT molecular complexity index is 953. The zero-order valence-electron chi connectivity index (χ0n) is 16.0. The molecule has 8 heteroatoms. The van der Waals surface area contributed by atoms with Gasteiger partial charge in [0.15, 0.2) is 5.13 Å². The summed E-state index contributed by atoms with van der Waals surface area (Å²) < 4.78 is 6.90. The van der Waals surface area contributed by atoms with Crippen molar-refractivity contribution in [2.24, 2.45) is 7.05 Å². The second-order valence-corrected chi connectivity index (χ2v) is 7.66. The number of hydrogen-bond acceptors (Lipinski definition) is 6. The minimum Gasteiger partial charge on any atom is -0.497 e. The van der Waals surface area contributed by atoms with Crippen LogP contribution in [0, 0.1) is 0 Å². The molecule has 0 aliphatic carbocycles. The van der Waals surface area contributed by atoms with Gasteiger partial charge in [0, 0.05) is 43.3 Å². The van der Waals surface area contributed by atoms with Crippen LogP contribution in [0.1, 0.15) is 23.3 Å². The van der Waals surface area contributed by atoms with Crippen LogP contribution in [0.4, 0.5) is 5.13 Å². The first kappa shape index (κ1) is 18.5. The average molecular weight is 398 g/mol. The molecule has 1 aliphatic heterocycles. The molecule has 2 aromatic heterocycles. The quantitative estimate of drug-likeness (QED) is 0.692. The first-order chi connectivity index (χ1) is 13.7. The maximum Gasteiger partial charge on any atom is 0.269 e. The standard InChI is InChI=1S/C20H23N5O2S/c1-24-18(12-17(23-24)14-5-3-7-16(11-14)27-2)19(26)22-13-15-6-4-9-25(15)20-21-8-10-28-20/h3,5,7-8,10-12,15H,4,6,9,13H2,1-2H3,(H,22,26). The Kier molecular flexibility index (Phi) is 5.29. The molecule has 7 nitrogen and oxygen atoms in total. The summed E-state index contributed by atoms with van der Waals surface area (Å²) in [6, 6.07) is 9.76. The number of ether oxygens (including phenoxy) is 1. The van der Waals surface area contributed by atoms with E-state index in [1.807, 2.05) is 41.9 Å². The van der Waals surface area contributed by atoms with Gasteiger partial charge in [-0.05, 0) is 31.0 Å². The summed E-state index contributed by atoms with van der Waals surface area (Å²) in [5.41, 5.74) is 2.20. The van der Waals surface area contributed by atoms with Crippen molar-refractivity contribution < 1.29 is 9.53 Å². The van der Waals surface area contributed by atoms with Gasteiger partial charge < -0.3 is 15.0 Å². The first-order valence-electron chi connectivity index (χ1n) is 9.28. The number of methoxy groups -OCH3 is 1. The van der Waals surface area contributed by atoms with E-state index in [0.29, 0.717) is 12.2 Å². The van der Waals surface area contributed by atoms with Crippen LogP contribution in [0.2, 0.25) is 0 Å². The number of carbonyl (C=O) groups excluding carboxylic acids is 1. The van der Waals surface area contributed by atoms with Crippen LogP contribution in [0.25, 0.3) is 11.3 Å². The average Bonchev–Trinajstić information content (AvgIpc) is 3.46. The first-order valence-corrected chi connectivity index (χ1v) is 10.2. The van der Waals surface area contributed by atoms with Gasteiger partial charge in [0.1, 0.15) is 11.4 Å². The molecule has 0 radical (unpaired) electrons. The second-order valence-electron chi connectivity index (χ2n) is 6.78. The van der Waals surface area contributed by atoms with Gasteiger partial charge in [-0.1, -0.05) is 12.1 Å². The van der Waals surface area contributed by atoms with Crippen molar-refractivity contribution in [3.8, 4) is 17.0 Å². The van der Waals surface area contributed by atoms with Gasteiger partial charge in [0.05, 0.1) is 12.8 Å². The lowest BCUT2D eigenvalue weighted by Gasteiger charge is -2.24. The Hall–Kier alpha value is -2.87. The van der Waals surface area contributed by atoms with Gasteiger partial charge in [-0.2, -0.15) is 5.10 Å². The predicted molar refractivity (Wildman–Crippen MR) is 110 cm³/mol. The minimum absolute atomic E-state index is 0.116. The molecule has 0 saturated carbocycles. The number of benzene rings is 1. The number of aromatic nitrogens is 3. The highest BCUT2D eigenvalue weighted by atomic mass is 32.1. The number of rotatable bonds is 6. The van der Waals surface area contributed by atoms with Crippen molar-refractivity contribution in [1.82, 2.24) is 20.1 Å². The third kappa shape index (κ3) is 3.73. The van der Waals surface area contributed by atoms with Crippen molar-refractivity contribution in [3.05, 3.63) is 47.6 Å². The van der Waals surface area contributed by atoms with Crippen molar-refractivity contribution in [2.45, 2.75) is 18.9 Å². The summed E-state index contributed by atoms with van der Waals surface area (Å²) in [7, 11) is 3.42. The highest BCUT2D eigenvalue weighted by Gasteiger charge is 2.27. The van der Waals surface area contributed by atoms with E-state index in [4.69, 9.17) is 4.74 Å². The van der Waals surface area contributed by atoms with Crippen LogP contribution in [0.5, 0.6) is 5.75 Å². The van der Waals surface area contributed by atoms with E-state index >= 15 is 0 Å². The number of thiazole rings is 1. The number of carbonyl (C=O) groups is 1. The maximum atomic E-state index is 12.8. The Morgan fingerprint density at radius 1 is 1.39 bits per heavy atom. The van der Waals surface area contributed by atoms with Crippen molar-refractivity contribution in [2.75, 3.05) is 25.1 Å². The largest absolute Gasteiger partial charge is 0.497 e. The van der Waals surface area contributed by atoms with E-state index in [0.717, 1.165) is 41.5 Å². The lowest BCUT2D eigenvalue weighted by atomic mass is 10.1. The third-order valence-corrected chi connectivity index (χ3v) is 5.83. The summed E-state index contributed by atoms with van der Waals surface area (Å²) >= 11 is 1.64. The summed E-state index contributed by atoms with van der Waals surface area (Å²) in [6.07, 6.45) is 4.00. The molecule has 1 unspecified atom stereocenters. The van der Waals surface area contributed by atoms with Gasteiger partial charge in [-0.15, -0.1) is 11.3 Å². The molecular weight excluding hydrogens is 374 g/mol. The fraction of sp³-hybridized carbons (Fsp3) is 0.350. The summed E-state index contributed by atoms with van der Waals surface area (Å²) in [6.45, 7) is 1.58. The number of nitrogens with one attached hydrogen (secondary N) is 1. The monoisotopic (exact) mass is 397 g/mol. The highest BCUT2D eigenvalue weighted by Crippen LogP contribution is 2.27. The summed E-state index contributed by atoms with van der Waals surface area (Å²) in [5, 5.41) is 10.6. The normalized spacial score (nSPS) is 16.4. The number of anilines is 1. The van der Waals surface area contributed by atoms with E-state index in [1.54, 1.807) is 30.2 Å². The van der Waals surface area contributed by atoms with Crippen LogP contribution in [-0.2, 0) is 7.05 Å². The number of nitrogens with zero attached hydrogens (tertiary/aromatic N) is 4. The van der Waals surface area contributed by atoms with E-state index in [-0.39, 0.29) is 11.9 Å². The molecular formula is C20H23N5O2S. The van der Waals surface area contributed by atoms with Crippen LogP contribution in [0.3, 0.4) is 0 Å². The highest BCUT2D eigenvalue weighted by molar-refractivity contribution is 7.13. The molecule has 3 aromatic rings. The van der Waals surface area contributed by atoms with Gasteiger partial charge in [-0.3, -0.25) is 9.48 Å². The number of aryl methyl sites for hydroxylation is 1. The summed E-state index contributed by atoms with van der Waals surface area (Å²) in [4.78, 5) is 19.4. The molecule has 1 amide bonds. The maximum absolute atomic E-state index is 12.8. The molecule has 0 spiro atoms. The van der Waals surface area contributed by atoms with Crippen LogP contribution < -0.4 is 15.0 Å². The lowest BCUT2D eigenvalue weighted by molar-refractivity contribution is 0.0942. The van der Waals surface area contributed by atoms with Crippen molar-refractivity contribution in [3.63, 3.8) is 0 Å². The molecule has 4 rings (SSSR count). The van der Waals surface area contributed by atoms with E-state index in [2.05, 4.69) is 20.3 Å². The van der Waals surface area contributed by atoms with Gasteiger partial charge in [0.2, 0.25) is 0 Å². The van der Waals surface area contributed by atoms with Crippen LogP contribution in [0.15, 0.2) is 41.9 Å². The zero-order chi connectivity index (χ0) is 19.5. The zero-order valence-corrected chi connectivity index (χ0v) is 16.8. The molecule has 1 atom stereocenters. The van der Waals surface area contributed by atoms with Gasteiger partial charge >= 0.3 is 0 Å². The van der Waals surface area contributed by atoms with Crippen LogP contribution >= 0.6 is 11.3 Å². The fourth-order valence-corrected chi connectivity index (χ4v) is 4.30. The van der Waals surface area contributed by atoms with E-state index in [1.165, 1.54) is 0 Å². The Morgan fingerprint density at radius 3 is 3.07 bits per heavy atom. The third-order valence-electron chi connectivity index (χ3n) is 5.02. The van der Waals surface area contributed by atoms with Crippen LogP contribution in [-0.4, -0.2) is 46.9 Å². The number of hydrogen-bond donors (Lipinski definition) is 1. The molecule has 3 heterocycles. The SMILES string of the molecule is COc1cccc(-c2cc(C(=O)NCC3CCCN3c3nccs3)n(C)n2)c1. The molecule has 1 saturated heterocycles. The Morgan fingerprint density at radius 2 is 2.29 bits per heavy atom. The van der Waals surface area contributed by atoms with E-state index < -0.39 is 0 Å². The summed E-state index contributed by atoms with van der Waals surface area (Å²) in [5.74, 6) is 0.646.